The number of halogens is 1. The normalized spacial score (nSPS) is 10.8. The Morgan fingerprint density at radius 1 is 1.13 bits per heavy atom. The topological polar surface area (TPSA) is 46.9 Å². The van der Waals surface area contributed by atoms with Gasteiger partial charge in [0.2, 0.25) is 0 Å². The van der Waals surface area contributed by atoms with E-state index < -0.39 is 0 Å². The maximum atomic E-state index is 13.2. The molecule has 0 unspecified atom stereocenters. The van der Waals surface area contributed by atoms with Crippen molar-refractivity contribution in [1.82, 2.24) is 15.1 Å². The zero-order valence-electron chi connectivity index (χ0n) is 18.7. The molecule has 0 fully saturated rings. The Morgan fingerprint density at radius 3 is 2.29 bits per heavy atom. The molecule has 0 bridgehead atoms. The molecule has 0 aliphatic rings. The van der Waals surface area contributed by atoms with Crippen LogP contribution in [0.4, 0.5) is 4.39 Å². The molecule has 162 valence electrons. The van der Waals surface area contributed by atoms with E-state index in [2.05, 4.69) is 30.8 Å². The van der Waals surface area contributed by atoms with E-state index in [-0.39, 0.29) is 11.7 Å². The van der Waals surface area contributed by atoms with Crippen LogP contribution in [0.5, 0.6) is 0 Å². The Hall–Kier alpha value is -3.47. The van der Waals surface area contributed by atoms with E-state index in [1.165, 1.54) is 24.1 Å². The molecule has 1 N–H and O–H groups in total. The maximum absolute atomic E-state index is 13.2. The van der Waals surface area contributed by atoms with Gasteiger partial charge in [0.05, 0.1) is 17.6 Å². The average Bonchev–Trinajstić information content (AvgIpc) is 3.18. The summed E-state index contributed by atoms with van der Waals surface area (Å²) in [6, 6.07) is 14.0. The van der Waals surface area contributed by atoms with Gasteiger partial charge in [-0.25, -0.2) is 9.07 Å². The summed E-state index contributed by atoms with van der Waals surface area (Å²) in [6.45, 7) is 12.4. The van der Waals surface area contributed by atoms with Crippen molar-refractivity contribution >= 4 is 17.6 Å². The molecule has 0 aliphatic heterocycles. The molecule has 1 amide bonds. The lowest BCUT2D eigenvalue weighted by Crippen LogP contribution is -2.24. The molecule has 1 aromatic heterocycles. The third kappa shape index (κ3) is 6.25. The molecule has 3 aromatic rings. The van der Waals surface area contributed by atoms with E-state index in [4.69, 9.17) is 0 Å². The number of hydrogen-bond acceptors (Lipinski definition) is 2. The van der Waals surface area contributed by atoms with Crippen LogP contribution in [0.1, 0.15) is 49.6 Å². The van der Waals surface area contributed by atoms with Crippen LogP contribution in [0.25, 0.3) is 17.3 Å². The number of hydrogen-bond donors (Lipinski definition) is 1. The predicted octanol–water partition coefficient (Wildman–Crippen LogP) is 6.10. The second-order valence-corrected chi connectivity index (χ2v) is 7.11. The number of carbonyl (C=O) groups is 1. The number of benzene rings is 2. The number of aromatic nitrogens is 2. The summed E-state index contributed by atoms with van der Waals surface area (Å²) in [5.74, 6) is -0.509. The first-order valence-corrected chi connectivity index (χ1v) is 10.4. The first kappa shape index (κ1) is 23.8. The number of allylic oxidation sites excluding steroid dienone is 1. The SMILES string of the molecule is C=Cc1c(/C(=C\C)C(=O)NCc2ccc(C)cc2)cnn1-c1ccc(F)cc1.CCC. The van der Waals surface area contributed by atoms with Crippen molar-refractivity contribution in [2.45, 2.75) is 40.7 Å². The Labute approximate surface area is 184 Å². The molecule has 0 atom stereocenters. The molecule has 0 saturated carbocycles. The van der Waals surface area contributed by atoms with Crippen LogP contribution in [-0.2, 0) is 11.3 Å². The smallest absolute Gasteiger partial charge is 0.251 e. The maximum Gasteiger partial charge on any atom is 0.251 e. The Kier molecular flexibility index (Phi) is 8.94. The summed E-state index contributed by atoms with van der Waals surface area (Å²) in [7, 11) is 0. The molecule has 0 aliphatic carbocycles. The summed E-state index contributed by atoms with van der Waals surface area (Å²) in [5, 5.41) is 7.32. The summed E-state index contributed by atoms with van der Waals surface area (Å²) in [5.41, 5.74) is 4.75. The summed E-state index contributed by atoms with van der Waals surface area (Å²) < 4.78 is 14.9. The van der Waals surface area contributed by atoms with Gasteiger partial charge in [-0.3, -0.25) is 4.79 Å². The van der Waals surface area contributed by atoms with E-state index in [1.807, 2.05) is 38.1 Å². The van der Waals surface area contributed by atoms with Gasteiger partial charge in [0.1, 0.15) is 5.82 Å². The van der Waals surface area contributed by atoms with E-state index >= 15 is 0 Å². The van der Waals surface area contributed by atoms with Gasteiger partial charge in [-0.15, -0.1) is 0 Å². The number of rotatable bonds is 6. The highest BCUT2D eigenvalue weighted by molar-refractivity contribution is 6.20. The number of aryl methyl sites for hydroxylation is 1. The molecule has 2 aromatic carbocycles. The Balaban J connectivity index is 0.00000107. The second-order valence-electron chi connectivity index (χ2n) is 7.11. The third-order valence-corrected chi connectivity index (χ3v) is 4.47. The van der Waals surface area contributed by atoms with Crippen molar-refractivity contribution in [2.75, 3.05) is 0 Å². The molecule has 0 saturated heterocycles. The monoisotopic (exact) mass is 419 g/mol. The van der Waals surface area contributed by atoms with E-state index in [9.17, 15) is 9.18 Å². The zero-order chi connectivity index (χ0) is 22.8. The van der Waals surface area contributed by atoms with Gasteiger partial charge < -0.3 is 5.32 Å². The minimum Gasteiger partial charge on any atom is -0.348 e. The zero-order valence-corrected chi connectivity index (χ0v) is 18.7. The lowest BCUT2D eigenvalue weighted by Gasteiger charge is -2.10. The molecule has 31 heavy (non-hydrogen) atoms. The van der Waals surface area contributed by atoms with Crippen LogP contribution in [0.3, 0.4) is 0 Å². The van der Waals surface area contributed by atoms with Crippen molar-refractivity contribution in [3.8, 4) is 5.69 Å². The van der Waals surface area contributed by atoms with Crippen LogP contribution >= 0.6 is 0 Å². The van der Waals surface area contributed by atoms with Crippen molar-refractivity contribution in [3.63, 3.8) is 0 Å². The minimum atomic E-state index is -0.319. The predicted molar refractivity (Wildman–Crippen MR) is 126 cm³/mol. The number of carbonyl (C=O) groups excluding carboxylic acids is 1. The lowest BCUT2D eigenvalue weighted by atomic mass is 10.0. The van der Waals surface area contributed by atoms with Crippen LogP contribution < -0.4 is 5.32 Å². The molecular weight excluding hydrogens is 389 g/mol. The molecule has 4 nitrogen and oxygen atoms in total. The molecule has 0 spiro atoms. The van der Waals surface area contributed by atoms with Crippen molar-refractivity contribution in [3.05, 3.63) is 95.6 Å². The fourth-order valence-corrected chi connectivity index (χ4v) is 2.94. The van der Waals surface area contributed by atoms with E-state index in [0.29, 0.717) is 29.1 Å². The highest BCUT2D eigenvalue weighted by Crippen LogP contribution is 2.23. The van der Waals surface area contributed by atoms with Crippen LogP contribution in [0.15, 0.2) is 67.4 Å². The Bertz CT molecular complexity index is 1030. The average molecular weight is 420 g/mol. The first-order valence-electron chi connectivity index (χ1n) is 10.4. The van der Waals surface area contributed by atoms with Gasteiger partial charge in [0.15, 0.2) is 0 Å². The van der Waals surface area contributed by atoms with Gasteiger partial charge >= 0.3 is 0 Å². The summed E-state index contributed by atoms with van der Waals surface area (Å²) in [6.07, 6.45) is 6.27. The number of nitrogens with zero attached hydrogens (tertiary/aromatic N) is 2. The molecule has 5 heteroatoms. The Morgan fingerprint density at radius 2 is 1.74 bits per heavy atom. The van der Waals surface area contributed by atoms with E-state index in [0.717, 1.165) is 5.56 Å². The van der Waals surface area contributed by atoms with Gasteiger partial charge in [-0.1, -0.05) is 62.8 Å². The molecule has 3 rings (SSSR count). The number of nitrogens with one attached hydrogen (secondary N) is 1. The second kappa shape index (κ2) is 11.6. The van der Waals surface area contributed by atoms with Crippen molar-refractivity contribution in [2.24, 2.45) is 0 Å². The summed E-state index contributed by atoms with van der Waals surface area (Å²) >= 11 is 0. The minimum absolute atomic E-state index is 0.190. The van der Waals surface area contributed by atoms with Crippen LogP contribution in [0, 0.1) is 12.7 Å². The molecule has 0 radical (unpaired) electrons. The van der Waals surface area contributed by atoms with Gasteiger partial charge in [-0.05, 0) is 49.8 Å². The lowest BCUT2D eigenvalue weighted by molar-refractivity contribution is -0.115. The fraction of sp³-hybridized carbons (Fsp3) is 0.231. The highest BCUT2D eigenvalue weighted by Gasteiger charge is 2.18. The molecular formula is C26H30FN3O. The van der Waals surface area contributed by atoms with Crippen LogP contribution in [0.2, 0.25) is 0 Å². The standard InChI is InChI=1S/C23H22FN3O.C3H8/c1-4-20(23(28)25-14-17-8-6-16(3)7-9-17)21-15-26-27(22(21)5-2)19-12-10-18(24)11-13-19;1-3-2/h4-13,15H,2,14H2,1,3H3,(H,25,28);3H2,1-2H3/b20-4+;. The van der Waals surface area contributed by atoms with Gasteiger partial charge in [0.25, 0.3) is 5.91 Å². The third-order valence-electron chi connectivity index (χ3n) is 4.47. The van der Waals surface area contributed by atoms with Crippen LogP contribution in [-0.4, -0.2) is 15.7 Å². The number of amides is 1. The molecule has 1 heterocycles. The highest BCUT2D eigenvalue weighted by atomic mass is 19.1. The van der Waals surface area contributed by atoms with Gasteiger partial charge in [-0.2, -0.15) is 5.10 Å². The van der Waals surface area contributed by atoms with Gasteiger partial charge in [0, 0.05) is 17.7 Å². The fourth-order valence-electron chi connectivity index (χ4n) is 2.94. The summed E-state index contributed by atoms with van der Waals surface area (Å²) in [4.78, 5) is 12.8. The largest absolute Gasteiger partial charge is 0.348 e. The first-order chi connectivity index (χ1) is 14.9. The quantitative estimate of drug-likeness (QED) is 0.491. The van der Waals surface area contributed by atoms with Crippen molar-refractivity contribution in [1.29, 1.82) is 0 Å². The van der Waals surface area contributed by atoms with E-state index in [1.54, 1.807) is 35.2 Å². The van der Waals surface area contributed by atoms with Crippen molar-refractivity contribution < 1.29 is 9.18 Å².